The molecule has 4 aliphatic rings. The minimum Gasteiger partial charge on any atom is -0.490 e. The Bertz CT molecular complexity index is 1450. The molecule has 3 saturated heterocycles. The molecule has 2 aromatic rings. The van der Waals surface area contributed by atoms with Crippen LogP contribution in [0.5, 0.6) is 5.75 Å². The maximum absolute atomic E-state index is 13.7. The molecule has 0 aliphatic carbocycles. The fourth-order valence-corrected chi connectivity index (χ4v) is 6.73. The van der Waals surface area contributed by atoms with Gasteiger partial charge in [-0.25, -0.2) is 10.1 Å². The number of nitrogens with zero attached hydrogens (tertiary/aromatic N) is 5. The number of halogens is 6. The SMILES string of the molecule is O=C(C1CNCC(OCC2CCCN2c2cn[nH]c(=O)c2C(F)(F)F)C1)N1CCN2c3ncc(C(F)(F)F)cc3OCCC2C1. The van der Waals surface area contributed by atoms with Gasteiger partial charge in [0.2, 0.25) is 5.91 Å². The number of aromatic amines is 1. The van der Waals surface area contributed by atoms with Gasteiger partial charge in [0.1, 0.15) is 5.56 Å². The van der Waals surface area contributed by atoms with E-state index in [0.29, 0.717) is 70.8 Å². The van der Waals surface area contributed by atoms with Gasteiger partial charge in [0, 0.05) is 51.9 Å². The summed E-state index contributed by atoms with van der Waals surface area (Å²) >= 11 is 0. The molecule has 4 aliphatic heterocycles. The molecular formula is C28H33F6N7O4. The lowest BCUT2D eigenvalue weighted by Crippen LogP contribution is -2.58. The lowest BCUT2D eigenvalue weighted by Gasteiger charge is -2.43. The van der Waals surface area contributed by atoms with E-state index in [4.69, 9.17) is 9.47 Å². The van der Waals surface area contributed by atoms with E-state index in [1.54, 1.807) is 4.90 Å². The van der Waals surface area contributed by atoms with Crippen molar-refractivity contribution in [2.45, 2.75) is 56.2 Å². The van der Waals surface area contributed by atoms with Gasteiger partial charge in [-0.3, -0.25) is 9.59 Å². The van der Waals surface area contributed by atoms with Crippen molar-refractivity contribution in [2.75, 3.05) is 62.3 Å². The van der Waals surface area contributed by atoms with Crippen LogP contribution >= 0.6 is 0 Å². The molecule has 1 amide bonds. The molecule has 11 nitrogen and oxygen atoms in total. The van der Waals surface area contributed by atoms with Gasteiger partial charge >= 0.3 is 12.4 Å². The second kappa shape index (κ2) is 12.3. The Labute approximate surface area is 253 Å². The van der Waals surface area contributed by atoms with Crippen LogP contribution in [-0.2, 0) is 21.9 Å². The highest BCUT2D eigenvalue weighted by atomic mass is 19.4. The topological polar surface area (TPSA) is 116 Å². The molecule has 0 spiro atoms. The number of ether oxygens (including phenoxy) is 2. The first-order valence-electron chi connectivity index (χ1n) is 14.9. The third kappa shape index (κ3) is 6.55. The third-order valence-electron chi connectivity index (χ3n) is 8.93. The van der Waals surface area contributed by atoms with Gasteiger partial charge in [-0.2, -0.15) is 31.4 Å². The number of fused-ring (bicyclic) bond motifs is 3. The summed E-state index contributed by atoms with van der Waals surface area (Å²) in [6.45, 7) is 2.69. The summed E-state index contributed by atoms with van der Waals surface area (Å²) in [6, 6.07) is 0.401. The fraction of sp³-hybridized carbons (Fsp3) is 0.643. The molecule has 6 heterocycles. The summed E-state index contributed by atoms with van der Waals surface area (Å²) in [5, 5.41) is 8.69. The smallest absolute Gasteiger partial charge is 0.423 e. The highest BCUT2D eigenvalue weighted by Crippen LogP contribution is 2.39. The maximum atomic E-state index is 13.7. The lowest BCUT2D eigenvalue weighted by atomic mass is 9.95. The number of rotatable bonds is 5. The van der Waals surface area contributed by atoms with Gasteiger partial charge in [0.05, 0.1) is 54.8 Å². The van der Waals surface area contributed by atoms with Crippen LogP contribution in [0, 0.1) is 5.92 Å². The molecule has 0 radical (unpaired) electrons. The van der Waals surface area contributed by atoms with E-state index in [2.05, 4.69) is 15.4 Å². The number of carbonyl (C=O) groups is 1. The predicted octanol–water partition coefficient (Wildman–Crippen LogP) is 2.67. The van der Waals surface area contributed by atoms with Crippen molar-refractivity contribution in [3.05, 3.63) is 39.9 Å². The zero-order chi connectivity index (χ0) is 31.9. The number of hydrogen-bond acceptors (Lipinski definition) is 9. The number of piperazine rings is 1. The highest BCUT2D eigenvalue weighted by molar-refractivity contribution is 5.79. The van der Waals surface area contributed by atoms with Crippen molar-refractivity contribution in [3.8, 4) is 5.75 Å². The van der Waals surface area contributed by atoms with Gasteiger partial charge in [0.15, 0.2) is 11.6 Å². The molecule has 4 atom stereocenters. The van der Waals surface area contributed by atoms with Gasteiger partial charge < -0.3 is 29.5 Å². The van der Waals surface area contributed by atoms with Crippen molar-refractivity contribution >= 4 is 17.4 Å². The summed E-state index contributed by atoms with van der Waals surface area (Å²) < 4.78 is 92.4. The number of pyridine rings is 1. The van der Waals surface area contributed by atoms with Gasteiger partial charge in [-0.1, -0.05) is 0 Å². The minimum absolute atomic E-state index is 0.0619. The Kier molecular flexibility index (Phi) is 8.58. The van der Waals surface area contributed by atoms with Crippen molar-refractivity contribution < 1.29 is 40.6 Å². The molecule has 17 heteroatoms. The van der Waals surface area contributed by atoms with E-state index in [-0.39, 0.29) is 54.7 Å². The quantitative estimate of drug-likeness (QED) is 0.474. The average Bonchev–Trinajstić information content (AvgIpc) is 3.39. The van der Waals surface area contributed by atoms with Gasteiger partial charge in [-0.15, -0.1) is 0 Å². The van der Waals surface area contributed by atoms with E-state index >= 15 is 0 Å². The van der Waals surface area contributed by atoms with Crippen molar-refractivity contribution in [2.24, 2.45) is 5.92 Å². The molecule has 246 valence electrons. The minimum atomic E-state index is -4.84. The third-order valence-corrected chi connectivity index (χ3v) is 8.93. The maximum Gasteiger partial charge on any atom is 0.423 e. The summed E-state index contributed by atoms with van der Waals surface area (Å²) in [5.74, 6) is -0.0300. The zero-order valence-electron chi connectivity index (χ0n) is 24.2. The summed E-state index contributed by atoms with van der Waals surface area (Å²) in [7, 11) is 0. The molecule has 3 fully saturated rings. The molecule has 2 aromatic heterocycles. The van der Waals surface area contributed by atoms with Crippen molar-refractivity contribution in [3.63, 3.8) is 0 Å². The van der Waals surface area contributed by atoms with E-state index in [0.717, 1.165) is 18.5 Å². The standard InChI is InChI=1S/C28H33F6N7O4/c29-27(30,31)17-9-22-24(36-11-17)41-6-5-39(14-18(41)3-7-44-22)26(43)16-8-20(12-35-10-16)45-15-19-2-1-4-40(19)21-13-37-38-25(42)23(21)28(32,33)34/h9,11,13,16,18-20,35H,1-8,10,12,14-15H2,(H,38,42). The number of aromatic nitrogens is 3. The molecule has 6 rings (SSSR count). The lowest BCUT2D eigenvalue weighted by molar-refractivity contribution is -0.139. The first-order chi connectivity index (χ1) is 21.4. The monoisotopic (exact) mass is 645 g/mol. The van der Waals surface area contributed by atoms with Crippen molar-refractivity contribution in [1.29, 1.82) is 0 Å². The number of piperidine rings is 1. The number of H-pyrrole nitrogens is 1. The van der Waals surface area contributed by atoms with Crippen LogP contribution in [0.25, 0.3) is 0 Å². The fourth-order valence-electron chi connectivity index (χ4n) is 6.73. The average molecular weight is 646 g/mol. The van der Waals surface area contributed by atoms with E-state index in [1.165, 1.54) is 4.90 Å². The van der Waals surface area contributed by atoms with Crippen LogP contribution in [0.2, 0.25) is 0 Å². The molecule has 0 aromatic carbocycles. The number of amides is 1. The number of nitrogens with one attached hydrogen (secondary N) is 2. The first-order valence-corrected chi connectivity index (χ1v) is 14.9. The van der Waals surface area contributed by atoms with Crippen molar-refractivity contribution in [1.82, 2.24) is 25.4 Å². The van der Waals surface area contributed by atoms with Crippen LogP contribution < -0.4 is 25.4 Å². The zero-order valence-corrected chi connectivity index (χ0v) is 24.2. The first kappa shape index (κ1) is 31.4. The Hall–Kier alpha value is -3.60. The largest absolute Gasteiger partial charge is 0.490 e. The second-order valence-corrected chi connectivity index (χ2v) is 11.8. The molecule has 4 unspecified atom stereocenters. The molecule has 0 saturated carbocycles. The summed E-state index contributed by atoms with van der Waals surface area (Å²) in [5.41, 5.74) is -3.72. The molecule has 2 N–H and O–H groups in total. The molecule has 0 bridgehead atoms. The van der Waals surface area contributed by atoms with Gasteiger partial charge in [0.25, 0.3) is 5.56 Å². The number of hydrogen-bond donors (Lipinski definition) is 2. The Morgan fingerprint density at radius 3 is 2.64 bits per heavy atom. The van der Waals surface area contributed by atoms with Crippen LogP contribution in [0.15, 0.2) is 23.3 Å². The Balaban J connectivity index is 1.06. The molecule has 45 heavy (non-hydrogen) atoms. The Morgan fingerprint density at radius 2 is 1.87 bits per heavy atom. The predicted molar refractivity (Wildman–Crippen MR) is 148 cm³/mol. The second-order valence-electron chi connectivity index (χ2n) is 11.8. The van der Waals surface area contributed by atoms with Crippen LogP contribution in [0.4, 0.5) is 37.8 Å². The number of alkyl halides is 6. The summed E-state index contributed by atoms with van der Waals surface area (Å²) in [4.78, 5) is 34.9. The Morgan fingerprint density at radius 1 is 1.04 bits per heavy atom. The molecular weight excluding hydrogens is 612 g/mol. The van der Waals surface area contributed by atoms with E-state index < -0.39 is 29.0 Å². The van der Waals surface area contributed by atoms with Gasteiger partial charge in [-0.05, 0) is 25.3 Å². The van der Waals surface area contributed by atoms with Crippen LogP contribution in [0.1, 0.15) is 36.8 Å². The van der Waals surface area contributed by atoms with E-state index in [1.807, 2.05) is 10.00 Å². The van der Waals surface area contributed by atoms with Crippen LogP contribution in [0.3, 0.4) is 0 Å². The van der Waals surface area contributed by atoms with E-state index in [9.17, 15) is 35.9 Å². The number of carbonyl (C=O) groups excluding carboxylic acids is 1. The summed E-state index contributed by atoms with van der Waals surface area (Å²) in [6.07, 6.45) is -5.76. The van der Waals surface area contributed by atoms with Crippen LogP contribution in [-0.4, -0.2) is 96.7 Å². The normalized spacial score (nSPS) is 25.8. The highest BCUT2D eigenvalue weighted by Gasteiger charge is 2.42. The number of anilines is 2.